The maximum atomic E-state index is 6.01. The number of ether oxygens (including phenoxy) is 2. The molecule has 1 aromatic rings. The quantitative estimate of drug-likeness (QED) is 0.587. The summed E-state index contributed by atoms with van der Waals surface area (Å²) in [5.41, 5.74) is 1.20. The van der Waals surface area contributed by atoms with Gasteiger partial charge >= 0.3 is 0 Å². The van der Waals surface area contributed by atoms with E-state index in [1.165, 1.54) is 5.56 Å². The molecule has 2 atom stereocenters. The van der Waals surface area contributed by atoms with E-state index < -0.39 is 0 Å². The van der Waals surface area contributed by atoms with Gasteiger partial charge in [-0.25, -0.2) is 0 Å². The van der Waals surface area contributed by atoms with Crippen LogP contribution in [0.15, 0.2) is 42.5 Å². The van der Waals surface area contributed by atoms with Crippen LogP contribution >= 0.6 is 19.2 Å². The molecule has 0 bridgehead atoms. The first kappa shape index (κ1) is 14.6. The maximum Gasteiger partial charge on any atom is 0.188 e. The second-order valence-electron chi connectivity index (χ2n) is 4.45. The van der Waals surface area contributed by atoms with Crippen molar-refractivity contribution in [3.8, 4) is 5.75 Å². The zero-order valence-electron chi connectivity index (χ0n) is 10.9. The van der Waals surface area contributed by atoms with Crippen LogP contribution in [0.3, 0.4) is 0 Å². The van der Waals surface area contributed by atoms with Gasteiger partial charge in [-0.15, -0.1) is 0 Å². The Balaban J connectivity index is 2.17. The van der Waals surface area contributed by atoms with E-state index >= 15 is 0 Å². The number of methoxy groups -OCH3 is 1. The van der Waals surface area contributed by atoms with Crippen LogP contribution in [0.5, 0.6) is 5.75 Å². The first-order chi connectivity index (χ1) is 9.35. The van der Waals surface area contributed by atoms with Gasteiger partial charge in [0.05, 0.1) is 0 Å². The van der Waals surface area contributed by atoms with Gasteiger partial charge in [0, 0.05) is 20.3 Å². The molecule has 1 aromatic carbocycles. The number of allylic oxidation sites excluding steroid dienone is 4. The molecule has 0 spiro atoms. The fraction of sp³-hybridized carbons (Fsp3) is 0.333. The third-order valence-electron chi connectivity index (χ3n) is 3.07. The monoisotopic (exact) mass is 296 g/mol. The molecule has 2 nitrogen and oxygen atoms in total. The Labute approximate surface area is 121 Å². The van der Waals surface area contributed by atoms with Gasteiger partial charge in [0.15, 0.2) is 6.79 Å². The summed E-state index contributed by atoms with van der Waals surface area (Å²) in [6.45, 7) is 0.256. The van der Waals surface area contributed by atoms with Crippen LogP contribution in [0.1, 0.15) is 12.0 Å². The second-order valence-corrected chi connectivity index (χ2v) is 5.75. The van der Waals surface area contributed by atoms with Crippen molar-refractivity contribution in [2.24, 2.45) is 5.92 Å². The van der Waals surface area contributed by atoms with E-state index in [4.69, 9.17) is 20.7 Å². The van der Waals surface area contributed by atoms with E-state index in [-0.39, 0.29) is 14.7 Å². The summed E-state index contributed by atoms with van der Waals surface area (Å²) >= 11 is 6.01. The number of benzene rings is 1. The zero-order valence-corrected chi connectivity index (χ0v) is 12.7. The molecule has 0 saturated heterocycles. The molecule has 0 radical (unpaired) electrons. The zero-order chi connectivity index (χ0) is 13.5. The molecule has 0 heterocycles. The molecule has 0 saturated carbocycles. The van der Waals surface area contributed by atoms with Gasteiger partial charge in [-0.2, -0.15) is 0 Å². The summed E-state index contributed by atoms with van der Waals surface area (Å²) in [6, 6.07) is 6.16. The van der Waals surface area contributed by atoms with E-state index in [0.29, 0.717) is 5.92 Å². The Morgan fingerprint density at radius 1 is 1.37 bits per heavy atom. The van der Waals surface area contributed by atoms with Crippen molar-refractivity contribution < 1.29 is 9.47 Å². The Morgan fingerprint density at radius 3 is 2.95 bits per heavy atom. The van der Waals surface area contributed by atoms with Crippen molar-refractivity contribution in [3.63, 3.8) is 0 Å². The van der Waals surface area contributed by atoms with Gasteiger partial charge in [0.25, 0.3) is 0 Å². The lowest BCUT2D eigenvalue weighted by Gasteiger charge is -2.18. The summed E-state index contributed by atoms with van der Waals surface area (Å²) in [4.78, 5) is 0. The van der Waals surface area contributed by atoms with Crippen molar-refractivity contribution in [3.05, 3.63) is 48.1 Å². The van der Waals surface area contributed by atoms with Gasteiger partial charge in [0.2, 0.25) is 0 Å². The standard InChI is InChI=1S/C15H18ClO2P/c1-17-11-18-15-13(8-5-9-14(15)19-16)10-12-6-3-2-4-7-12/h2-6,8-9,12,19H,7,10-11H2,1H3. The van der Waals surface area contributed by atoms with Crippen LogP contribution in [0, 0.1) is 5.92 Å². The number of halogens is 1. The van der Waals surface area contributed by atoms with Crippen molar-refractivity contribution in [1.29, 1.82) is 0 Å². The summed E-state index contributed by atoms with van der Waals surface area (Å²) in [5.74, 6) is 1.42. The van der Waals surface area contributed by atoms with Crippen LogP contribution in [-0.2, 0) is 11.2 Å². The number of para-hydroxylation sites is 1. The molecule has 1 aliphatic carbocycles. The van der Waals surface area contributed by atoms with Crippen LogP contribution < -0.4 is 10.0 Å². The smallest absolute Gasteiger partial charge is 0.188 e. The highest BCUT2D eigenvalue weighted by molar-refractivity contribution is 7.75. The van der Waals surface area contributed by atoms with Crippen LogP contribution in [-0.4, -0.2) is 13.9 Å². The maximum absolute atomic E-state index is 6.01. The van der Waals surface area contributed by atoms with Crippen molar-refractivity contribution >= 4 is 24.5 Å². The SMILES string of the molecule is COCOc1c(CC2C=CC=CC2)cccc1PCl. The molecule has 2 unspecified atom stereocenters. The number of hydrogen-bond donors (Lipinski definition) is 0. The molecule has 4 heteroatoms. The summed E-state index contributed by atoms with van der Waals surface area (Å²) in [5, 5.41) is 1.05. The number of rotatable bonds is 6. The lowest BCUT2D eigenvalue weighted by Crippen LogP contribution is -2.12. The summed E-state index contributed by atoms with van der Waals surface area (Å²) < 4.78 is 10.7. The molecule has 0 aliphatic heterocycles. The van der Waals surface area contributed by atoms with Gasteiger partial charge < -0.3 is 9.47 Å². The van der Waals surface area contributed by atoms with Crippen molar-refractivity contribution in [1.82, 2.24) is 0 Å². The predicted octanol–water partition coefficient (Wildman–Crippen LogP) is 3.80. The normalized spacial score (nSPS) is 18.3. The van der Waals surface area contributed by atoms with Gasteiger partial charge in [-0.05, 0) is 30.4 Å². The lowest BCUT2D eigenvalue weighted by atomic mass is 9.93. The molecule has 1 aliphatic rings. The minimum atomic E-state index is 0.208. The highest BCUT2D eigenvalue weighted by Gasteiger charge is 2.14. The van der Waals surface area contributed by atoms with E-state index in [9.17, 15) is 0 Å². The van der Waals surface area contributed by atoms with E-state index in [0.717, 1.165) is 23.9 Å². The average Bonchev–Trinajstić information content (AvgIpc) is 2.46. The fourth-order valence-corrected chi connectivity index (χ4v) is 3.10. The molecule has 2 rings (SSSR count). The third kappa shape index (κ3) is 4.07. The molecule has 102 valence electrons. The van der Waals surface area contributed by atoms with Crippen molar-refractivity contribution in [2.45, 2.75) is 12.8 Å². The Morgan fingerprint density at radius 2 is 2.26 bits per heavy atom. The Bertz CT molecular complexity index is 471. The van der Waals surface area contributed by atoms with E-state index in [1.54, 1.807) is 7.11 Å². The topological polar surface area (TPSA) is 18.5 Å². The third-order valence-corrected chi connectivity index (χ3v) is 4.28. The van der Waals surface area contributed by atoms with Gasteiger partial charge in [-0.1, -0.05) is 47.7 Å². The second kappa shape index (κ2) is 7.69. The molecular formula is C15H18ClO2P. The minimum Gasteiger partial charge on any atom is -0.467 e. The van der Waals surface area contributed by atoms with Crippen LogP contribution in [0.25, 0.3) is 0 Å². The van der Waals surface area contributed by atoms with E-state index in [1.807, 2.05) is 12.1 Å². The predicted molar refractivity (Wildman–Crippen MR) is 82.8 cm³/mol. The Kier molecular flexibility index (Phi) is 5.91. The highest BCUT2D eigenvalue weighted by atomic mass is 35.7. The largest absolute Gasteiger partial charge is 0.467 e. The van der Waals surface area contributed by atoms with E-state index in [2.05, 4.69) is 30.4 Å². The van der Waals surface area contributed by atoms with Gasteiger partial charge in [0.1, 0.15) is 5.75 Å². The van der Waals surface area contributed by atoms with Crippen LogP contribution in [0.2, 0.25) is 0 Å². The van der Waals surface area contributed by atoms with Crippen molar-refractivity contribution in [2.75, 3.05) is 13.9 Å². The summed E-state index contributed by atoms with van der Waals surface area (Å²) in [7, 11) is 1.83. The molecule has 0 aromatic heterocycles. The Hall–Kier alpha value is -0.820. The molecule has 0 amide bonds. The first-order valence-electron chi connectivity index (χ1n) is 6.28. The summed E-state index contributed by atoms with van der Waals surface area (Å²) in [6.07, 6.45) is 10.7. The lowest BCUT2D eigenvalue weighted by molar-refractivity contribution is 0.0511. The fourth-order valence-electron chi connectivity index (χ4n) is 2.17. The minimum absolute atomic E-state index is 0.208. The molecule has 0 N–H and O–H groups in total. The van der Waals surface area contributed by atoms with Gasteiger partial charge in [-0.3, -0.25) is 0 Å². The highest BCUT2D eigenvalue weighted by Crippen LogP contribution is 2.29. The first-order valence-corrected chi connectivity index (χ1v) is 8.30. The molecule has 19 heavy (non-hydrogen) atoms. The number of hydrogen-bond acceptors (Lipinski definition) is 2. The average molecular weight is 297 g/mol. The van der Waals surface area contributed by atoms with Crippen LogP contribution in [0.4, 0.5) is 0 Å². The molecular weight excluding hydrogens is 279 g/mol. The molecule has 0 fully saturated rings.